The summed E-state index contributed by atoms with van der Waals surface area (Å²) in [7, 11) is 5.23. The standard InChI is InChI=1S/C18H25NO3/c1-7-9-10-19(4)18(22-14(3)8-2)15-11-16(20-5)13-17(12-15)21-6/h7-9,11-13,18H,2-3,10H2,1,4-6H3/b9-7-. The number of hydrogen-bond acceptors (Lipinski definition) is 4. The zero-order chi connectivity index (χ0) is 16.5. The quantitative estimate of drug-likeness (QED) is 0.299. The first-order valence-electron chi connectivity index (χ1n) is 7.08. The van der Waals surface area contributed by atoms with E-state index in [1.54, 1.807) is 20.3 Å². The highest BCUT2D eigenvalue weighted by atomic mass is 16.5. The smallest absolute Gasteiger partial charge is 0.179 e. The summed E-state index contributed by atoms with van der Waals surface area (Å²) in [5.41, 5.74) is 0.922. The number of ether oxygens (including phenoxy) is 3. The Kier molecular flexibility index (Phi) is 7.26. The van der Waals surface area contributed by atoms with Crippen molar-refractivity contribution in [3.63, 3.8) is 0 Å². The van der Waals surface area contributed by atoms with E-state index in [4.69, 9.17) is 14.2 Å². The van der Waals surface area contributed by atoms with Gasteiger partial charge in [0.15, 0.2) is 6.23 Å². The summed E-state index contributed by atoms with van der Waals surface area (Å²) in [4.78, 5) is 2.06. The number of methoxy groups -OCH3 is 2. The van der Waals surface area contributed by atoms with Crippen molar-refractivity contribution < 1.29 is 14.2 Å². The molecule has 0 aliphatic heterocycles. The maximum atomic E-state index is 5.91. The number of likely N-dealkylation sites (N-methyl/N-ethyl adjacent to an activating group) is 1. The third-order valence-electron chi connectivity index (χ3n) is 3.18. The second-order valence-corrected chi connectivity index (χ2v) is 4.80. The first kappa shape index (κ1) is 17.9. The van der Waals surface area contributed by atoms with Gasteiger partial charge in [-0.3, -0.25) is 4.90 Å². The fourth-order valence-corrected chi connectivity index (χ4v) is 1.94. The van der Waals surface area contributed by atoms with Gasteiger partial charge in [-0.15, -0.1) is 0 Å². The van der Waals surface area contributed by atoms with Crippen LogP contribution in [0.4, 0.5) is 0 Å². The molecule has 0 spiro atoms. The lowest BCUT2D eigenvalue weighted by Crippen LogP contribution is -2.26. The minimum Gasteiger partial charge on any atom is -0.497 e. The molecule has 0 aromatic heterocycles. The van der Waals surface area contributed by atoms with E-state index in [1.165, 1.54) is 0 Å². The average Bonchev–Trinajstić information content (AvgIpc) is 2.56. The third kappa shape index (κ3) is 4.97. The van der Waals surface area contributed by atoms with Gasteiger partial charge < -0.3 is 14.2 Å². The lowest BCUT2D eigenvalue weighted by molar-refractivity contribution is 0.00196. The van der Waals surface area contributed by atoms with Crippen molar-refractivity contribution in [3.05, 3.63) is 60.9 Å². The van der Waals surface area contributed by atoms with Crippen molar-refractivity contribution in [2.45, 2.75) is 13.2 Å². The van der Waals surface area contributed by atoms with Crippen LogP contribution in [0.3, 0.4) is 0 Å². The molecule has 0 saturated carbocycles. The molecule has 1 aromatic carbocycles. The van der Waals surface area contributed by atoms with E-state index in [2.05, 4.69) is 24.1 Å². The number of rotatable bonds is 9. The van der Waals surface area contributed by atoms with Gasteiger partial charge in [-0.2, -0.15) is 0 Å². The topological polar surface area (TPSA) is 30.9 Å². The largest absolute Gasteiger partial charge is 0.497 e. The molecule has 0 bridgehead atoms. The average molecular weight is 303 g/mol. The molecule has 1 aromatic rings. The summed E-state index contributed by atoms with van der Waals surface area (Å²) in [5, 5.41) is 0. The molecule has 1 unspecified atom stereocenters. The number of nitrogens with zero attached hydrogens (tertiary/aromatic N) is 1. The zero-order valence-corrected chi connectivity index (χ0v) is 13.8. The first-order chi connectivity index (χ1) is 10.5. The van der Waals surface area contributed by atoms with Crippen molar-refractivity contribution in [2.75, 3.05) is 27.8 Å². The van der Waals surface area contributed by atoms with Crippen LogP contribution in [0.5, 0.6) is 11.5 Å². The maximum absolute atomic E-state index is 5.91. The molecular weight excluding hydrogens is 278 g/mol. The molecule has 0 fully saturated rings. The molecule has 0 amide bonds. The van der Waals surface area contributed by atoms with Gasteiger partial charge in [0.1, 0.15) is 17.3 Å². The number of allylic oxidation sites excluding steroid dienone is 2. The van der Waals surface area contributed by atoms with Crippen molar-refractivity contribution in [3.8, 4) is 11.5 Å². The Balaban J connectivity index is 3.18. The molecule has 1 atom stereocenters. The van der Waals surface area contributed by atoms with Crippen LogP contribution < -0.4 is 9.47 Å². The molecule has 1 rings (SSSR count). The third-order valence-corrected chi connectivity index (χ3v) is 3.18. The minimum atomic E-state index is -0.314. The van der Waals surface area contributed by atoms with Crippen LogP contribution in [0.2, 0.25) is 0 Å². The Bertz CT molecular complexity index is 515. The molecule has 0 N–H and O–H groups in total. The molecule has 0 aliphatic carbocycles. The van der Waals surface area contributed by atoms with Crippen LogP contribution >= 0.6 is 0 Å². The highest BCUT2D eigenvalue weighted by Crippen LogP contribution is 2.31. The Hall–Kier alpha value is -2.20. The molecule has 0 saturated heterocycles. The minimum absolute atomic E-state index is 0.314. The summed E-state index contributed by atoms with van der Waals surface area (Å²) in [5.74, 6) is 1.94. The predicted octanol–water partition coefficient (Wildman–Crippen LogP) is 3.93. The van der Waals surface area contributed by atoms with Crippen LogP contribution in [-0.4, -0.2) is 32.7 Å². The van der Waals surface area contributed by atoms with Gasteiger partial charge in [-0.25, -0.2) is 0 Å². The predicted molar refractivity (Wildman–Crippen MR) is 90.2 cm³/mol. The lowest BCUT2D eigenvalue weighted by atomic mass is 10.1. The Morgan fingerprint density at radius 1 is 1.23 bits per heavy atom. The number of benzene rings is 1. The fourth-order valence-electron chi connectivity index (χ4n) is 1.94. The summed E-state index contributed by atoms with van der Waals surface area (Å²) < 4.78 is 16.6. The molecule has 0 aliphatic rings. The molecule has 0 heterocycles. The van der Waals surface area contributed by atoms with Crippen LogP contribution in [0, 0.1) is 0 Å². The van der Waals surface area contributed by atoms with Crippen molar-refractivity contribution in [1.82, 2.24) is 4.90 Å². The second-order valence-electron chi connectivity index (χ2n) is 4.80. The van der Waals surface area contributed by atoms with Crippen LogP contribution in [0.1, 0.15) is 18.7 Å². The van der Waals surface area contributed by atoms with Crippen LogP contribution in [0.15, 0.2) is 55.3 Å². The van der Waals surface area contributed by atoms with E-state index in [1.807, 2.05) is 38.2 Å². The molecular formula is C18H25NO3. The summed E-state index contributed by atoms with van der Waals surface area (Å²) in [6.45, 7) is 10.3. The van der Waals surface area contributed by atoms with Crippen molar-refractivity contribution in [1.29, 1.82) is 0 Å². The molecule has 120 valence electrons. The maximum Gasteiger partial charge on any atom is 0.179 e. The Labute approximate surface area is 133 Å². The second kappa shape index (κ2) is 8.95. The Morgan fingerprint density at radius 2 is 1.82 bits per heavy atom. The number of hydrogen-bond donors (Lipinski definition) is 0. The van der Waals surface area contributed by atoms with E-state index in [0.29, 0.717) is 17.3 Å². The van der Waals surface area contributed by atoms with Gasteiger partial charge in [-0.05, 0) is 32.2 Å². The molecule has 4 heteroatoms. The fraction of sp³-hybridized carbons (Fsp3) is 0.333. The molecule has 4 nitrogen and oxygen atoms in total. The Morgan fingerprint density at radius 3 is 2.27 bits per heavy atom. The van der Waals surface area contributed by atoms with Crippen molar-refractivity contribution >= 4 is 0 Å². The van der Waals surface area contributed by atoms with E-state index in [-0.39, 0.29) is 6.23 Å². The zero-order valence-electron chi connectivity index (χ0n) is 13.8. The van der Waals surface area contributed by atoms with Gasteiger partial charge in [0.2, 0.25) is 0 Å². The molecule has 0 radical (unpaired) electrons. The van der Waals surface area contributed by atoms with E-state index in [9.17, 15) is 0 Å². The SMILES string of the molecule is C=CC(=C)OC(c1cc(OC)cc(OC)c1)N(C)C/C=C\C. The summed E-state index contributed by atoms with van der Waals surface area (Å²) >= 11 is 0. The van der Waals surface area contributed by atoms with Gasteiger partial charge >= 0.3 is 0 Å². The van der Waals surface area contributed by atoms with Crippen LogP contribution in [0.25, 0.3) is 0 Å². The van der Waals surface area contributed by atoms with E-state index < -0.39 is 0 Å². The molecule has 22 heavy (non-hydrogen) atoms. The van der Waals surface area contributed by atoms with Gasteiger partial charge in [0, 0.05) is 18.2 Å². The normalized spacial score (nSPS) is 12.2. The van der Waals surface area contributed by atoms with Gasteiger partial charge in [0.25, 0.3) is 0 Å². The van der Waals surface area contributed by atoms with Gasteiger partial charge in [0.05, 0.1) is 14.2 Å². The summed E-state index contributed by atoms with van der Waals surface area (Å²) in [6.07, 6.45) is 5.34. The van der Waals surface area contributed by atoms with Gasteiger partial charge in [-0.1, -0.05) is 25.3 Å². The lowest BCUT2D eigenvalue weighted by Gasteiger charge is -2.28. The van der Waals surface area contributed by atoms with E-state index >= 15 is 0 Å². The highest BCUT2D eigenvalue weighted by Gasteiger charge is 2.20. The monoisotopic (exact) mass is 303 g/mol. The van der Waals surface area contributed by atoms with E-state index in [0.717, 1.165) is 12.1 Å². The van der Waals surface area contributed by atoms with Crippen molar-refractivity contribution in [2.24, 2.45) is 0 Å². The summed E-state index contributed by atoms with van der Waals surface area (Å²) in [6, 6.07) is 5.68. The van der Waals surface area contributed by atoms with Crippen LogP contribution in [-0.2, 0) is 4.74 Å². The first-order valence-corrected chi connectivity index (χ1v) is 7.08. The highest BCUT2D eigenvalue weighted by molar-refractivity contribution is 5.39.